The summed E-state index contributed by atoms with van der Waals surface area (Å²) in [6, 6.07) is 8.22. The van der Waals surface area contributed by atoms with Gasteiger partial charge in [-0.2, -0.15) is 9.97 Å². The predicted octanol–water partition coefficient (Wildman–Crippen LogP) is 3.82. The Morgan fingerprint density at radius 1 is 1.19 bits per heavy atom. The number of amides is 1. The molecule has 190 valence electrons. The molecule has 0 unspecified atom stereocenters. The Kier molecular flexibility index (Phi) is 7.28. The summed E-state index contributed by atoms with van der Waals surface area (Å²) in [5.41, 5.74) is 6.59. The monoisotopic (exact) mass is 502 g/mol. The SMILES string of the molecule is CC(=O)Nc1cc(Oc2ccc3nc(Oc4cc(N=C/C=C\N)cn(C(C)C)c4=O)n(C)c3n2)ccn1. The Labute approximate surface area is 212 Å². The molecule has 0 atom stereocenters. The molecule has 4 heterocycles. The number of imidazole rings is 1. The van der Waals surface area contributed by atoms with E-state index >= 15 is 0 Å². The summed E-state index contributed by atoms with van der Waals surface area (Å²) >= 11 is 0. The van der Waals surface area contributed by atoms with Crippen LogP contribution in [0.15, 0.2) is 64.8 Å². The molecule has 1 amide bonds. The third-order valence-electron chi connectivity index (χ3n) is 5.08. The van der Waals surface area contributed by atoms with Crippen molar-refractivity contribution in [1.29, 1.82) is 0 Å². The normalized spacial score (nSPS) is 11.6. The minimum atomic E-state index is -0.319. The molecule has 0 aromatic carbocycles. The highest BCUT2D eigenvalue weighted by Crippen LogP contribution is 2.28. The molecular formula is C25H26N8O4. The number of aliphatic imine (C=N–C) groups is 1. The Balaban J connectivity index is 1.65. The zero-order chi connectivity index (χ0) is 26.5. The third kappa shape index (κ3) is 5.81. The van der Waals surface area contributed by atoms with Crippen LogP contribution in [0.3, 0.4) is 0 Å². The van der Waals surface area contributed by atoms with E-state index in [4.69, 9.17) is 15.2 Å². The van der Waals surface area contributed by atoms with Crippen LogP contribution in [-0.4, -0.2) is 36.2 Å². The van der Waals surface area contributed by atoms with Crippen LogP contribution in [0.25, 0.3) is 11.2 Å². The van der Waals surface area contributed by atoms with Crippen molar-refractivity contribution in [1.82, 2.24) is 24.1 Å². The summed E-state index contributed by atoms with van der Waals surface area (Å²) < 4.78 is 14.9. The maximum atomic E-state index is 13.0. The number of ether oxygens (including phenoxy) is 2. The minimum absolute atomic E-state index is 0.0669. The number of rotatable bonds is 8. The van der Waals surface area contributed by atoms with Gasteiger partial charge in [0.05, 0.1) is 5.69 Å². The van der Waals surface area contributed by atoms with E-state index in [1.165, 1.54) is 30.1 Å². The molecule has 4 aromatic rings. The highest BCUT2D eigenvalue weighted by atomic mass is 16.5. The number of aryl methyl sites for hydroxylation is 1. The number of nitrogens with one attached hydrogen (secondary N) is 1. The first-order valence-electron chi connectivity index (χ1n) is 11.3. The first-order chi connectivity index (χ1) is 17.7. The number of allylic oxidation sites excluding steroid dienone is 1. The second kappa shape index (κ2) is 10.7. The topological polar surface area (TPSA) is 152 Å². The molecule has 0 radical (unpaired) electrons. The molecule has 4 rings (SSSR count). The van der Waals surface area contributed by atoms with Crippen molar-refractivity contribution in [2.24, 2.45) is 17.8 Å². The lowest BCUT2D eigenvalue weighted by molar-refractivity contribution is -0.114. The van der Waals surface area contributed by atoms with Crippen LogP contribution in [0.2, 0.25) is 0 Å². The molecule has 0 aliphatic carbocycles. The van der Waals surface area contributed by atoms with E-state index in [0.717, 1.165) is 0 Å². The maximum Gasteiger partial charge on any atom is 0.304 e. The van der Waals surface area contributed by atoms with Gasteiger partial charge in [0.15, 0.2) is 11.4 Å². The van der Waals surface area contributed by atoms with Crippen LogP contribution in [0.5, 0.6) is 23.4 Å². The van der Waals surface area contributed by atoms with E-state index in [1.54, 1.807) is 54.2 Å². The number of carbonyl (C=O) groups excluding carboxylic acids is 1. The number of carbonyl (C=O) groups is 1. The van der Waals surface area contributed by atoms with Crippen molar-refractivity contribution in [3.63, 3.8) is 0 Å². The van der Waals surface area contributed by atoms with E-state index in [0.29, 0.717) is 34.3 Å². The standard InChI is InChI=1S/C25H26N8O4/c1-15(2)33-14-17(27-10-5-9-26)12-20(24(33)35)37-25-30-19-6-7-22(31-23(19)32(25)4)36-18-8-11-28-21(13-18)29-16(3)34/h5-15H,26H2,1-4H3,(H,28,29,34)/b9-5-,27-10?. The fraction of sp³-hybridized carbons (Fsp3) is 0.200. The molecule has 3 N–H and O–H groups in total. The molecule has 37 heavy (non-hydrogen) atoms. The largest absolute Gasteiger partial charge is 0.439 e. The summed E-state index contributed by atoms with van der Waals surface area (Å²) in [5, 5.41) is 2.60. The lowest BCUT2D eigenvalue weighted by atomic mass is 10.3. The van der Waals surface area contributed by atoms with Crippen LogP contribution in [0, 0.1) is 0 Å². The average Bonchev–Trinajstić information content (AvgIpc) is 3.15. The zero-order valence-electron chi connectivity index (χ0n) is 20.7. The Morgan fingerprint density at radius 2 is 2.00 bits per heavy atom. The van der Waals surface area contributed by atoms with E-state index in [2.05, 4.69) is 25.3 Å². The van der Waals surface area contributed by atoms with Gasteiger partial charge in [-0.25, -0.2) is 4.98 Å². The molecule has 12 heteroatoms. The average molecular weight is 503 g/mol. The molecular weight excluding hydrogens is 476 g/mol. The summed E-state index contributed by atoms with van der Waals surface area (Å²) in [6.07, 6.45) is 7.63. The van der Waals surface area contributed by atoms with E-state index < -0.39 is 0 Å². The second-order valence-corrected chi connectivity index (χ2v) is 8.24. The molecule has 0 fully saturated rings. The van der Waals surface area contributed by atoms with Gasteiger partial charge < -0.3 is 25.1 Å². The highest BCUT2D eigenvalue weighted by Gasteiger charge is 2.17. The first kappa shape index (κ1) is 25.1. The van der Waals surface area contributed by atoms with Crippen molar-refractivity contribution >= 4 is 34.8 Å². The number of nitrogens with two attached hydrogens (primary N) is 1. The molecule has 12 nitrogen and oxygen atoms in total. The molecule has 0 spiro atoms. The van der Waals surface area contributed by atoms with Crippen LogP contribution < -0.4 is 26.1 Å². The van der Waals surface area contributed by atoms with Gasteiger partial charge in [-0.05, 0) is 38.3 Å². The fourth-order valence-corrected chi connectivity index (χ4v) is 3.38. The quantitative estimate of drug-likeness (QED) is 0.345. The third-order valence-corrected chi connectivity index (χ3v) is 5.08. The summed E-state index contributed by atoms with van der Waals surface area (Å²) in [5.74, 6) is 0.933. The van der Waals surface area contributed by atoms with Crippen molar-refractivity contribution in [2.75, 3.05) is 5.32 Å². The van der Waals surface area contributed by atoms with Crippen molar-refractivity contribution in [3.05, 3.63) is 65.4 Å². The molecule has 4 aromatic heterocycles. The van der Waals surface area contributed by atoms with Gasteiger partial charge >= 0.3 is 6.01 Å². The molecule has 0 aliphatic heterocycles. The van der Waals surface area contributed by atoms with Crippen molar-refractivity contribution < 1.29 is 14.3 Å². The number of aromatic nitrogens is 5. The van der Waals surface area contributed by atoms with Crippen LogP contribution >= 0.6 is 0 Å². The van der Waals surface area contributed by atoms with Crippen LogP contribution in [0.4, 0.5) is 11.5 Å². The number of nitrogens with zero attached hydrogens (tertiary/aromatic N) is 6. The minimum Gasteiger partial charge on any atom is -0.439 e. The summed E-state index contributed by atoms with van der Waals surface area (Å²) in [4.78, 5) is 41.7. The lowest BCUT2D eigenvalue weighted by Gasteiger charge is -2.13. The summed E-state index contributed by atoms with van der Waals surface area (Å²) in [7, 11) is 1.72. The van der Waals surface area contributed by atoms with Crippen molar-refractivity contribution in [3.8, 4) is 23.4 Å². The van der Waals surface area contributed by atoms with E-state index in [9.17, 15) is 9.59 Å². The lowest BCUT2D eigenvalue weighted by Crippen LogP contribution is -2.22. The molecule has 0 bridgehead atoms. The van der Waals surface area contributed by atoms with Gasteiger partial charge in [-0.15, -0.1) is 0 Å². The summed E-state index contributed by atoms with van der Waals surface area (Å²) in [6.45, 7) is 5.18. The van der Waals surface area contributed by atoms with Gasteiger partial charge in [0.25, 0.3) is 5.56 Å². The van der Waals surface area contributed by atoms with Crippen LogP contribution in [-0.2, 0) is 11.8 Å². The number of hydrogen-bond donors (Lipinski definition) is 2. The fourth-order valence-electron chi connectivity index (χ4n) is 3.38. The van der Waals surface area contributed by atoms with Crippen molar-refractivity contribution in [2.45, 2.75) is 26.8 Å². The second-order valence-electron chi connectivity index (χ2n) is 8.24. The zero-order valence-corrected chi connectivity index (χ0v) is 20.7. The first-order valence-corrected chi connectivity index (χ1v) is 11.3. The number of fused-ring (bicyclic) bond motifs is 1. The Morgan fingerprint density at radius 3 is 2.73 bits per heavy atom. The van der Waals surface area contributed by atoms with E-state index in [1.807, 2.05) is 13.8 Å². The van der Waals surface area contributed by atoms with E-state index in [-0.39, 0.29) is 29.3 Å². The number of anilines is 1. The molecule has 0 aliphatic rings. The van der Waals surface area contributed by atoms with Gasteiger partial charge in [0, 0.05) is 56.8 Å². The van der Waals surface area contributed by atoms with Gasteiger partial charge in [-0.1, -0.05) is 0 Å². The molecule has 0 saturated carbocycles. The van der Waals surface area contributed by atoms with Crippen LogP contribution in [0.1, 0.15) is 26.8 Å². The molecule has 0 saturated heterocycles. The highest BCUT2D eigenvalue weighted by molar-refractivity contribution is 5.87. The van der Waals surface area contributed by atoms with Gasteiger partial charge in [0.2, 0.25) is 11.8 Å². The number of pyridine rings is 3. The number of hydrogen-bond acceptors (Lipinski definition) is 9. The predicted molar refractivity (Wildman–Crippen MR) is 140 cm³/mol. The smallest absolute Gasteiger partial charge is 0.304 e. The van der Waals surface area contributed by atoms with Gasteiger partial charge in [0.1, 0.15) is 17.1 Å². The Hall–Kier alpha value is -5.00. The Bertz CT molecular complexity index is 1570. The maximum absolute atomic E-state index is 13.0. The van der Waals surface area contributed by atoms with Gasteiger partial charge in [-0.3, -0.25) is 19.1 Å².